The molecule has 5 rings (SSSR count). The van der Waals surface area contributed by atoms with Gasteiger partial charge < -0.3 is 14.5 Å². The number of amides is 1. The lowest BCUT2D eigenvalue weighted by Crippen LogP contribution is -2.60. The first kappa shape index (κ1) is 23.9. The van der Waals surface area contributed by atoms with Gasteiger partial charge in [0.2, 0.25) is 0 Å². The van der Waals surface area contributed by atoms with Crippen molar-refractivity contribution in [1.29, 1.82) is 0 Å². The Bertz CT molecular complexity index is 1010. The molecule has 2 aromatic carbocycles. The number of nitrogens with zero attached hydrogens (tertiary/aromatic N) is 3. The van der Waals surface area contributed by atoms with Crippen LogP contribution in [0.2, 0.25) is 0 Å². The first-order valence-corrected chi connectivity index (χ1v) is 13.1. The predicted molar refractivity (Wildman–Crippen MR) is 137 cm³/mol. The minimum Gasteiger partial charge on any atom is -0.468 e. The Labute approximate surface area is 208 Å². The minimum absolute atomic E-state index is 0.00190. The summed E-state index contributed by atoms with van der Waals surface area (Å²) in [6.07, 6.45) is 8.96. The summed E-state index contributed by atoms with van der Waals surface area (Å²) in [6.45, 7) is 2.16. The van der Waals surface area contributed by atoms with Crippen LogP contribution in [0.1, 0.15) is 56.9 Å². The molecule has 1 spiro atoms. The van der Waals surface area contributed by atoms with Gasteiger partial charge in [-0.3, -0.25) is 14.5 Å². The fourth-order valence-electron chi connectivity index (χ4n) is 6.70. The zero-order valence-electron chi connectivity index (χ0n) is 20.8. The maximum atomic E-state index is 13.9. The second-order valence-corrected chi connectivity index (χ2v) is 10.3. The van der Waals surface area contributed by atoms with E-state index in [4.69, 9.17) is 4.74 Å². The van der Waals surface area contributed by atoms with E-state index >= 15 is 0 Å². The molecule has 186 valence electrons. The number of carbonyl (C=O) groups excluding carboxylic acids is 2. The molecule has 1 aliphatic carbocycles. The van der Waals surface area contributed by atoms with Crippen molar-refractivity contribution in [1.82, 2.24) is 9.80 Å². The third-order valence-electron chi connectivity index (χ3n) is 8.57. The van der Waals surface area contributed by atoms with Crippen LogP contribution in [0.15, 0.2) is 60.7 Å². The average molecular weight is 476 g/mol. The van der Waals surface area contributed by atoms with E-state index in [0.717, 1.165) is 31.6 Å². The van der Waals surface area contributed by atoms with Crippen molar-refractivity contribution in [2.45, 2.75) is 62.4 Å². The van der Waals surface area contributed by atoms with Gasteiger partial charge >= 0.3 is 5.97 Å². The standard InChI is InChI=1S/C29H37N3O3/c1-35-26(33)22-30-23-32(25-14-8-5-9-15-25)29(27(30)34)18-20-31(21-19-29)28(16-10-2-3-11-17-28)24-12-6-4-7-13-24/h4-9,12-15H,2-3,10-11,16-23H2,1H3. The van der Waals surface area contributed by atoms with Crippen molar-refractivity contribution < 1.29 is 14.3 Å². The molecule has 3 aliphatic rings. The molecule has 2 aromatic rings. The van der Waals surface area contributed by atoms with E-state index in [1.807, 2.05) is 18.2 Å². The Balaban J connectivity index is 1.44. The maximum Gasteiger partial charge on any atom is 0.325 e. The van der Waals surface area contributed by atoms with Gasteiger partial charge in [0.25, 0.3) is 5.91 Å². The summed E-state index contributed by atoms with van der Waals surface area (Å²) in [7, 11) is 1.38. The zero-order valence-corrected chi connectivity index (χ0v) is 20.8. The lowest BCUT2D eigenvalue weighted by molar-refractivity contribution is -0.147. The molecule has 0 N–H and O–H groups in total. The number of ether oxygens (including phenoxy) is 1. The van der Waals surface area contributed by atoms with Gasteiger partial charge in [-0.2, -0.15) is 0 Å². The molecule has 0 radical (unpaired) electrons. The normalized spacial score (nSPS) is 22.3. The van der Waals surface area contributed by atoms with Crippen LogP contribution in [0.4, 0.5) is 5.69 Å². The highest BCUT2D eigenvalue weighted by molar-refractivity contribution is 5.95. The summed E-state index contributed by atoms with van der Waals surface area (Å²) in [5.41, 5.74) is 1.88. The number of anilines is 1. The number of hydrogen-bond donors (Lipinski definition) is 0. The molecule has 3 fully saturated rings. The summed E-state index contributed by atoms with van der Waals surface area (Å²) in [6, 6.07) is 21.2. The monoisotopic (exact) mass is 475 g/mol. The summed E-state index contributed by atoms with van der Waals surface area (Å²) in [5, 5.41) is 0. The van der Waals surface area contributed by atoms with E-state index in [0.29, 0.717) is 6.67 Å². The summed E-state index contributed by atoms with van der Waals surface area (Å²) < 4.78 is 4.89. The summed E-state index contributed by atoms with van der Waals surface area (Å²) in [5.74, 6) is -0.316. The Morgan fingerprint density at radius 2 is 1.43 bits per heavy atom. The Hall–Kier alpha value is -2.86. The molecular formula is C29H37N3O3. The lowest BCUT2D eigenvalue weighted by atomic mass is 9.77. The van der Waals surface area contributed by atoms with Crippen LogP contribution in [-0.2, 0) is 19.9 Å². The Morgan fingerprint density at radius 1 is 0.829 bits per heavy atom. The number of likely N-dealkylation sites (tertiary alicyclic amines) is 1. The number of carbonyl (C=O) groups is 2. The second-order valence-electron chi connectivity index (χ2n) is 10.3. The van der Waals surface area contributed by atoms with Gasteiger partial charge in [0, 0.05) is 24.3 Å². The van der Waals surface area contributed by atoms with Crippen LogP contribution >= 0.6 is 0 Å². The number of hydrogen-bond acceptors (Lipinski definition) is 5. The quantitative estimate of drug-likeness (QED) is 0.469. The van der Waals surface area contributed by atoms with Crippen molar-refractivity contribution in [3.05, 3.63) is 66.2 Å². The smallest absolute Gasteiger partial charge is 0.325 e. The van der Waals surface area contributed by atoms with Crippen LogP contribution < -0.4 is 4.90 Å². The number of benzene rings is 2. The molecule has 0 unspecified atom stereocenters. The van der Waals surface area contributed by atoms with E-state index < -0.39 is 5.54 Å². The van der Waals surface area contributed by atoms with Crippen LogP contribution in [0.3, 0.4) is 0 Å². The molecule has 6 heteroatoms. The molecule has 2 heterocycles. The molecule has 2 aliphatic heterocycles. The van der Waals surface area contributed by atoms with Crippen LogP contribution in [0, 0.1) is 0 Å². The molecular weight excluding hydrogens is 438 g/mol. The van der Waals surface area contributed by atoms with Gasteiger partial charge in [-0.15, -0.1) is 0 Å². The fourth-order valence-corrected chi connectivity index (χ4v) is 6.70. The summed E-state index contributed by atoms with van der Waals surface area (Å²) >= 11 is 0. The highest BCUT2D eigenvalue weighted by atomic mass is 16.5. The van der Waals surface area contributed by atoms with E-state index in [2.05, 4.69) is 52.3 Å². The van der Waals surface area contributed by atoms with E-state index in [-0.39, 0.29) is 24.0 Å². The topological polar surface area (TPSA) is 53.1 Å². The van der Waals surface area contributed by atoms with Gasteiger partial charge in [-0.1, -0.05) is 74.2 Å². The minimum atomic E-state index is -0.617. The van der Waals surface area contributed by atoms with Gasteiger partial charge in [-0.05, 0) is 43.4 Å². The van der Waals surface area contributed by atoms with Gasteiger partial charge in [0.05, 0.1) is 13.8 Å². The Morgan fingerprint density at radius 3 is 2.03 bits per heavy atom. The number of para-hydroxylation sites is 1. The molecule has 1 saturated carbocycles. The molecule has 35 heavy (non-hydrogen) atoms. The van der Waals surface area contributed by atoms with Crippen LogP contribution in [-0.4, -0.2) is 60.6 Å². The van der Waals surface area contributed by atoms with Crippen LogP contribution in [0.5, 0.6) is 0 Å². The molecule has 0 atom stereocenters. The number of piperidine rings is 1. The van der Waals surface area contributed by atoms with Gasteiger partial charge in [0.15, 0.2) is 0 Å². The van der Waals surface area contributed by atoms with Crippen molar-refractivity contribution in [2.24, 2.45) is 0 Å². The van der Waals surface area contributed by atoms with Crippen molar-refractivity contribution >= 4 is 17.6 Å². The molecule has 0 bridgehead atoms. The molecule has 6 nitrogen and oxygen atoms in total. The average Bonchev–Trinajstić information content (AvgIpc) is 3.07. The van der Waals surface area contributed by atoms with E-state index in [9.17, 15) is 9.59 Å². The van der Waals surface area contributed by atoms with Crippen LogP contribution in [0.25, 0.3) is 0 Å². The Kier molecular flexibility index (Phi) is 6.83. The molecule has 2 saturated heterocycles. The maximum absolute atomic E-state index is 13.9. The zero-order chi connectivity index (χ0) is 24.3. The first-order chi connectivity index (χ1) is 17.1. The fraction of sp³-hybridized carbons (Fsp3) is 0.517. The van der Waals surface area contributed by atoms with Gasteiger partial charge in [-0.25, -0.2) is 0 Å². The van der Waals surface area contributed by atoms with Crippen molar-refractivity contribution in [3.63, 3.8) is 0 Å². The predicted octanol–water partition coefficient (Wildman–Crippen LogP) is 4.55. The van der Waals surface area contributed by atoms with Crippen molar-refractivity contribution in [3.8, 4) is 0 Å². The second kappa shape index (κ2) is 10.0. The number of methoxy groups -OCH3 is 1. The van der Waals surface area contributed by atoms with Crippen molar-refractivity contribution in [2.75, 3.05) is 38.3 Å². The number of esters is 1. The molecule has 1 amide bonds. The molecule has 0 aromatic heterocycles. The third-order valence-corrected chi connectivity index (χ3v) is 8.57. The number of rotatable bonds is 5. The lowest BCUT2D eigenvalue weighted by Gasteiger charge is -2.51. The highest BCUT2D eigenvalue weighted by Gasteiger charge is 2.55. The largest absolute Gasteiger partial charge is 0.468 e. The van der Waals surface area contributed by atoms with Gasteiger partial charge in [0.1, 0.15) is 12.1 Å². The summed E-state index contributed by atoms with van der Waals surface area (Å²) in [4.78, 5) is 32.5. The SMILES string of the molecule is COC(=O)CN1CN(c2ccccc2)C2(CCN(C3(c4ccccc4)CCCCCC3)CC2)C1=O. The van der Waals surface area contributed by atoms with E-state index in [1.54, 1.807) is 4.90 Å². The first-order valence-electron chi connectivity index (χ1n) is 13.1. The third kappa shape index (κ3) is 4.33. The van der Waals surface area contributed by atoms with E-state index in [1.165, 1.54) is 51.2 Å². The highest BCUT2D eigenvalue weighted by Crippen LogP contribution is 2.46.